The highest BCUT2D eigenvalue weighted by Gasteiger charge is 2.20. The van der Waals surface area contributed by atoms with Gasteiger partial charge in [0.05, 0.1) is 0 Å². The predicted octanol–water partition coefficient (Wildman–Crippen LogP) is 3.86. The zero-order valence-electron chi connectivity index (χ0n) is 11.7. The lowest BCUT2D eigenvalue weighted by Gasteiger charge is -2.28. The van der Waals surface area contributed by atoms with Gasteiger partial charge in [0.15, 0.2) is 0 Å². The highest BCUT2D eigenvalue weighted by Crippen LogP contribution is 2.25. The molecule has 5 heteroatoms. The van der Waals surface area contributed by atoms with Crippen molar-refractivity contribution in [2.75, 3.05) is 13.6 Å². The second-order valence-corrected chi connectivity index (χ2v) is 5.84. The van der Waals surface area contributed by atoms with Gasteiger partial charge in [-0.15, -0.1) is 0 Å². The molecule has 112 valence electrons. The Morgan fingerprint density at radius 2 is 1.86 bits per heavy atom. The zero-order chi connectivity index (χ0) is 15.4. The fourth-order valence-electron chi connectivity index (χ4n) is 2.32. The van der Waals surface area contributed by atoms with Crippen LogP contribution in [-0.2, 0) is 6.54 Å². The smallest absolute Gasteiger partial charge is 0.129 e. The maximum Gasteiger partial charge on any atom is 0.129 e. The van der Waals surface area contributed by atoms with Gasteiger partial charge in [-0.2, -0.15) is 0 Å². The summed E-state index contributed by atoms with van der Waals surface area (Å²) in [5, 5.41) is 0. The summed E-state index contributed by atoms with van der Waals surface area (Å²) in [6, 6.07) is 11.1. The lowest BCUT2D eigenvalue weighted by Crippen LogP contribution is -2.31. The van der Waals surface area contributed by atoms with Gasteiger partial charge in [-0.25, -0.2) is 8.78 Å². The Morgan fingerprint density at radius 1 is 1.14 bits per heavy atom. The molecular formula is C16H17BrF2N2. The Bertz CT molecular complexity index is 619. The number of nitrogens with zero attached hydrogens (tertiary/aromatic N) is 1. The Labute approximate surface area is 131 Å². The molecule has 2 N–H and O–H groups in total. The molecule has 1 atom stereocenters. The topological polar surface area (TPSA) is 29.3 Å². The molecule has 0 aromatic heterocycles. The summed E-state index contributed by atoms with van der Waals surface area (Å²) in [5.41, 5.74) is 6.87. The van der Waals surface area contributed by atoms with Crippen LogP contribution in [0, 0.1) is 11.6 Å². The monoisotopic (exact) mass is 354 g/mol. The molecule has 0 fully saturated rings. The van der Waals surface area contributed by atoms with E-state index >= 15 is 0 Å². The number of nitrogens with two attached hydrogens (primary N) is 1. The Morgan fingerprint density at radius 3 is 2.48 bits per heavy atom. The summed E-state index contributed by atoms with van der Waals surface area (Å²) in [7, 11) is 1.81. The standard InChI is InChI=1S/C16H17BrF2N2/c1-21(10-11-4-2-3-5-14(11)18)16(9-20)13-7-6-12(17)8-15(13)19/h2-8,16H,9-10,20H2,1H3. The van der Waals surface area contributed by atoms with Gasteiger partial charge >= 0.3 is 0 Å². The number of hydrogen-bond donors (Lipinski definition) is 1. The van der Waals surface area contributed by atoms with Crippen molar-refractivity contribution in [2.24, 2.45) is 5.73 Å². The number of rotatable bonds is 5. The minimum atomic E-state index is -0.319. The lowest BCUT2D eigenvalue weighted by molar-refractivity contribution is 0.233. The summed E-state index contributed by atoms with van der Waals surface area (Å²) in [6.07, 6.45) is 0. The molecule has 0 aliphatic heterocycles. The van der Waals surface area contributed by atoms with Crippen LogP contribution in [0.2, 0.25) is 0 Å². The second-order valence-electron chi connectivity index (χ2n) is 4.92. The normalized spacial score (nSPS) is 12.7. The van der Waals surface area contributed by atoms with Crippen LogP contribution < -0.4 is 5.73 Å². The molecule has 1 unspecified atom stereocenters. The summed E-state index contributed by atoms with van der Waals surface area (Å²) in [5.74, 6) is -0.586. The number of benzene rings is 2. The molecule has 0 aliphatic carbocycles. The maximum atomic E-state index is 14.1. The van der Waals surface area contributed by atoms with E-state index in [-0.39, 0.29) is 24.2 Å². The lowest BCUT2D eigenvalue weighted by atomic mass is 10.0. The van der Waals surface area contributed by atoms with Gasteiger partial charge in [0.25, 0.3) is 0 Å². The van der Waals surface area contributed by atoms with Gasteiger partial charge in [0.2, 0.25) is 0 Å². The van der Waals surface area contributed by atoms with Gasteiger partial charge < -0.3 is 5.73 Å². The first-order chi connectivity index (χ1) is 10.0. The maximum absolute atomic E-state index is 14.1. The second kappa shape index (κ2) is 7.11. The number of hydrogen-bond acceptors (Lipinski definition) is 2. The predicted molar refractivity (Wildman–Crippen MR) is 83.8 cm³/mol. The average Bonchev–Trinajstić information content (AvgIpc) is 2.44. The minimum absolute atomic E-state index is 0.253. The van der Waals surface area contributed by atoms with Crippen LogP contribution in [0.1, 0.15) is 17.2 Å². The van der Waals surface area contributed by atoms with E-state index in [2.05, 4.69) is 15.9 Å². The van der Waals surface area contributed by atoms with E-state index in [9.17, 15) is 8.78 Å². The van der Waals surface area contributed by atoms with Crippen LogP contribution >= 0.6 is 15.9 Å². The van der Waals surface area contributed by atoms with Crippen LogP contribution in [0.4, 0.5) is 8.78 Å². The molecule has 2 nitrogen and oxygen atoms in total. The quantitative estimate of drug-likeness (QED) is 0.883. The van der Waals surface area contributed by atoms with E-state index in [1.807, 2.05) is 11.9 Å². The van der Waals surface area contributed by atoms with Crippen molar-refractivity contribution < 1.29 is 8.78 Å². The van der Waals surface area contributed by atoms with Crippen molar-refractivity contribution in [3.63, 3.8) is 0 Å². The highest BCUT2D eigenvalue weighted by molar-refractivity contribution is 9.10. The van der Waals surface area contributed by atoms with Crippen molar-refractivity contribution in [2.45, 2.75) is 12.6 Å². The van der Waals surface area contributed by atoms with Crippen molar-refractivity contribution in [1.82, 2.24) is 4.90 Å². The molecule has 0 saturated carbocycles. The van der Waals surface area contributed by atoms with Crippen LogP contribution in [0.3, 0.4) is 0 Å². The fraction of sp³-hybridized carbons (Fsp3) is 0.250. The van der Waals surface area contributed by atoms with E-state index in [4.69, 9.17) is 5.73 Å². The molecule has 0 bridgehead atoms. The Kier molecular flexibility index (Phi) is 5.45. The van der Waals surface area contributed by atoms with Gasteiger partial charge in [0.1, 0.15) is 11.6 Å². The summed E-state index contributed by atoms with van der Waals surface area (Å²) in [6.45, 7) is 0.619. The average molecular weight is 355 g/mol. The Hall–Kier alpha value is -1.30. The first kappa shape index (κ1) is 16.1. The molecule has 0 heterocycles. The van der Waals surface area contributed by atoms with Gasteiger partial charge in [-0.1, -0.05) is 40.2 Å². The van der Waals surface area contributed by atoms with E-state index in [1.165, 1.54) is 12.1 Å². The molecule has 0 saturated heterocycles. The van der Waals surface area contributed by atoms with Gasteiger partial charge in [-0.3, -0.25) is 4.90 Å². The van der Waals surface area contributed by atoms with Crippen LogP contribution in [0.5, 0.6) is 0 Å². The SMILES string of the molecule is CN(Cc1ccccc1F)C(CN)c1ccc(Br)cc1F. The van der Waals surface area contributed by atoms with Gasteiger partial charge in [-0.05, 0) is 25.2 Å². The highest BCUT2D eigenvalue weighted by atomic mass is 79.9. The molecule has 0 aliphatic rings. The molecule has 2 rings (SSSR count). The largest absolute Gasteiger partial charge is 0.329 e. The first-order valence-corrected chi connectivity index (χ1v) is 7.41. The molecular weight excluding hydrogens is 338 g/mol. The fourth-order valence-corrected chi connectivity index (χ4v) is 2.65. The molecule has 0 radical (unpaired) electrons. The van der Waals surface area contributed by atoms with Crippen LogP contribution in [-0.4, -0.2) is 18.5 Å². The third-order valence-corrected chi connectivity index (χ3v) is 3.95. The van der Waals surface area contributed by atoms with Crippen LogP contribution in [0.25, 0.3) is 0 Å². The van der Waals surface area contributed by atoms with E-state index in [1.54, 1.807) is 30.3 Å². The molecule has 2 aromatic rings. The van der Waals surface area contributed by atoms with E-state index < -0.39 is 0 Å². The van der Waals surface area contributed by atoms with Crippen LogP contribution in [0.15, 0.2) is 46.9 Å². The summed E-state index contributed by atoms with van der Waals surface area (Å²) >= 11 is 3.23. The third kappa shape index (κ3) is 3.87. The first-order valence-electron chi connectivity index (χ1n) is 6.61. The molecule has 0 spiro atoms. The summed E-state index contributed by atoms with van der Waals surface area (Å²) < 4.78 is 28.5. The molecule has 0 amide bonds. The van der Waals surface area contributed by atoms with E-state index in [0.29, 0.717) is 22.1 Å². The minimum Gasteiger partial charge on any atom is -0.329 e. The van der Waals surface area contributed by atoms with Crippen molar-refractivity contribution in [3.8, 4) is 0 Å². The van der Waals surface area contributed by atoms with Crippen molar-refractivity contribution in [1.29, 1.82) is 0 Å². The Balaban J connectivity index is 2.22. The van der Waals surface area contributed by atoms with E-state index in [0.717, 1.165) is 0 Å². The number of halogens is 3. The molecule has 21 heavy (non-hydrogen) atoms. The number of likely N-dealkylation sites (N-methyl/N-ethyl adjacent to an activating group) is 1. The zero-order valence-corrected chi connectivity index (χ0v) is 13.3. The third-order valence-electron chi connectivity index (χ3n) is 3.45. The summed E-state index contributed by atoms with van der Waals surface area (Å²) in [4.78, 5) is 1.85. The van der Waals surface area contributed by atoms with Crippen molar-refractivity contribution >= 4 is 15.9 Å². The van der Waals surface area contributed by atoms with Gasteiger partial charge in [0, 0.05) is 34.7 Å². The molecule has 2 aromatic carbocycles. The van der Waals surface area contributed by atoms with Crippen molar-refractivity contribution in [3.05, 3.63) is 69.7 Å².